The summed E-state index contributed by atoms with van der Waals surface area (Å²) in [6.45, 7) is 6.64. The number of esters is 3. The lowest BCUT2D eigenvalue weighted by Gasteiger charge is -2.18. The molecule has 0 aliphatic heterocycles. The van der Waals surface area contributed by atoms with Gasteiger partial charge in [0.2, 0.25) is 0 Å². The zero-order valence-electron chi connectivity index (χ0n) is 41.7. The van der Waals surface area contributed by atoms with Crippen LogP contribution in [0.2, 0.25) is 0 Å². The van der Waals surface area contributed by atoms with Crippen molar-refractivity contribution in [2.75, 3.05) is 13.2 Å². The molecule has 0 N–H and O–H groups in total. The summed E-state index contributed by atoms with van der Waals surface area (Å²) in [4.78, 5) is 37.9. The van der Waals surface area contributed by atoms with Gasteiger partial charge in [-0.3, -0.25) is 14.4 Å². The van der Waals surface area contributed by atoms with Crippen LogP contribution in [-0.4, -0.2) is 37.2 Å². The van der Waals surface area contributed by atoms with E-state index in [9.17, 15) is 14.4 Å². The van der Waals surface area contributed by atoms with E-state index in [1.54, 1.807) is 0 Å². The van der Waals surface area contributed by atoms with Crippen LogP contribution in [0.5, 0.6) is 0 Å². The first kappa shape index (κ1) is 59.9. The van der Waals surface area contributed by atoms with E-state index >= 15 is 0 Å². The largest absolute Gasteiger partial charge is 0.462 e. The van der Waals surface area contributed by atoms with Crippen LogP contribution >= 0.6 is 0 Å². The van der Waals surface area contributed by atoms with Crippen molar-refractivity contribution in [2.24, 2.45) is 0 Å². The Morgan fingerprint density at radius 3 is 0.887 bits per heavy atom. The summed E-state index contributed by atoms with van der Waals surface area (Å²) < 4.78 is 16.8. The predicted molar refractivity (Wildman–Crippen MR) is 266 cm³/mol. The molecule has 0 aromatic rings. The maximum Gasteiger partial charge on any atom is 0.306 e. The average Bonchev–Trinajstić information content (AvgIpc) is 3.27. The SMILES string of the molecule is CCCCCCC/C=C\C/C=C\CCCCCCCCCCCC(=O)OCC(COC(=O)CCCCCCCCCCCC)OC(=O)CCCCCCCCCCCCCCC. The van der Waals surface area contributed by atoms with Gasteiger partial charge in [0.25, 0.3) is 0 Å². The second-order valence-electron chi connectivity index (χ2n) is 18.5. The summed E-state index contributed by atoms with van der Waals surface area (Å²) in [6.07, 6.45) is 58.8. The third kappa shape index (κ3) is 48.9. The lowest BCUT2D eigenvalue weighted by Crippen LogP contribution is -2.30. The van der Waals surface area contributed by atoms with Crippen molar-refractivity contribution in [1.29, 1.82) is 0 Å². The third-order valence-corrected chi connectivity index (χ3v) is 12.2. The van der Waals surface area contributed by atoms with E-state index in [0.29, 0.717) is 19.3 Å². The number of hydrogen-bond acceptors (Lipinski definition) is 6. The number of hydrogen-bond donors (Lipinski definition) is 0. The highest BCUT2D eigenvalue weighted by molar-refractivity contribution is 5.71. The maximum atomic E-state index is 12.8. The molecular weight excluding hydrogens is 769 g/mol. The molecule has 0 fully saturated rings. The Hall–Kier alpha value is -2.11. The molecule has 1 atom stereocenters. The van der Waals surface area contributed by atoms with Gasteiger partial charge in [0.05, 0.1) is 0 Å². The molecular formula is C56H104O6. The fraction of sp³-hybridized carbons (Fsp3) is 0.875. The molecule has 0 bridgehead atoms. The van der Waals surface area contributed by atoms with Gasteiger partial charge in [-0.05, 0) is 51.4 Å². The summed E-state index contributed by atoms with van der Waals surface area (Å²) in [5.41, 5.74) is 0. The van der Waals surface area contributed by atoms with Gasteiger partial charge in [-0.25, -0.2) is 0 Å². The van der Waals surface area contributed by atoms with Crippen molar-refractivity contribution in [3.05, 3.63) is 24.3 Å². The Bertz CT molecular complexity index is 1000. The minimum atomic E-state index is -0.766. The number of rotatable bonds is 50. The molecule has 0 aliphatic carbocycles. The van der Waals surface area contributed by atoms with Gasteiger partial charge in [0.1, 0.15) is 13.2 Å². The van der Waals surface area contributed by atoms with E-state index in [2.05, 4.69) is 45.1 Å². The quantitative estimate of drug-likeness (QED) is 0.0262. The van der Waals surface area contributed by atoms with Crippen LogP contribution in [0.4, 0.5) is 0 Å². The van der Waals surface area contributed by atoms with Crippen LogP contribution < -0.4 is 0 Å². The smallest absolute Gasteiger partial charge is 0.306 e. The first-order chi connectivity index (χ1) is 30.5. The van der Waals surface area contributed by atoms with Crippen molar-refractivity contribution in [1.82, 2.24) is 0 Å². The standard InChI is InChI=1S/C56H104O6/c1-4-7-10-13-16-19-22-24-25-26-27-28-29-30-31-33-34-37-40-43-46-49-55(58)61-52-53(51-60-54(57)48-45-42-39-36-21-18-15-12-9-6-3)62-56(59)50-47-44-41-38-35-32-23-20-17-14-11-8-5-2/h22,24,26-27,53H,4-21,23,25,28-52H2,1-3H3/b24-22-,27-26-. The molecule has 0 saturated heterocycles. The van der Waals surface area contributed by atoms with Crippen molar-refractivity contribution < 1.29 is 28.6 Å². The van der Waals surface area contributed by atoms with Crippen molar-refractivity contribution in [3.8, 4) is 0 Å². The van der Waals surface area contributed by atoms with Gasteiger partial charge in [0, 0.05) is 19.3 Å². The lowest BCUT2D eigenvalue weighted by molar-refractivity contribution is -0.167. The Balaban J connectivity index is 4.25. The Morgan fingerprint density at radius 2 is 0.581 bits per heavy atom. The Kier molecular flexibility index (Phi) is 49.8. The molecule has 1 unspecified atom stereocenters. The second kappa shape index (κ2) is 51.5. The van der Waals surface area contributed by atoms with Gasteiger partial charge < -0.3 is 14.2 Å². The highest BCUT2D eigenvalue weighted by Gasteiger charge is 2.19. The van der Waals surface area contributed by atoms with Crippen LogP contribution in [-0.2, 0) is 28.6 Å². The molecule has 0 radical (unpaired) electrons. The normalized spacial score (nSPS) is 12.1. The second-order valence-corrected chi connectivity index (χ2v) is 18.5. The zero-order chi connectivity index (χ0) is 45.1. The fourth-order valence-corrected chi connectivity index (χ4v) is 8.06. The maximum absolute atomic E-state index is 12.8. The molecule has 0 aliphatic rings. The first-order valence-electron chi connectivity index (χ1n) is 27.3. The minimum absolute atomic E-state index is 0.0676. The Labute approximate surface area is 385 Å². The van der Waals surface area contributed by atoms with E-state index in [4.69, 9.17) is 14.2 Å². The predicted octanol–water partition coefficient (Wildman–Crippen LogP) is 17.9. The first-order valence-corrected chi connectivity index (χ1v) is 27.3. The van der Waals surface area contributed by atoms with Crippen molar-refractivity contribution >= 4 is 17.9 Å². The van der Waals surface area contributed by atoms with E-state index in [0.717, 1.165) is 64.2 Å². The van der Waals surface area contributed by atoms with Gasteiger partial charge >= 0.3 is 17.9 Å². The van der Waals surface area contributed by atoms with E-state index in [1.807, 2.05) is 0 Å². The Morgan fingerprint density at radius 1 is 0.323 bits per heavy atom. The molecule has 6 nitrogen and oxygen atoms in total. The minimum Gasteiger partial charge on any atom is -0.462 e. The lowest BCUT2D eigenvalue weighted by atomic mass is 10.0. The van der Waals surface area contributed by atoms with Crippen LogP contribution in [0.25, 0.3) is 0 Å². The van der Waals surface area contributed by atoms with Gasteiger partial charge in [-0.2, -0.15) is 0 Å². The molecule has 0 aromatic carbocycles. The van der Waals surface area contributed by atoms with Crippen LogP contribution in [0.1, 0.15) is 297 Å². The molecule has 364 valence electrons. The number of unbranched alkanes of at least 4 members (excludes halogenated alkanes) is 35. The molecule has 0 saturated carbocycles. The molecule has 0 amide bonds. The highest BCUT2D eigenvalue weighted by Crippen LogP contribution is 2.16. The number of allylic oxidation sites excluding steroid dienone is 4. The molecule has 0 aromatic heterocycles. The summed E-state index contributed by atoms with van der Waals surface area (Å²) in [6, 6.07) is 0. The molecule has 6 heteroatoms. The molecule has 0 rings (SSSR count). The van der Waals surface area contributed by atoms with Crippen LogP contribution in [0.3, 0.4) is 0 Å². The topological polar surface area (TPSA) is 78.9 Å². The summed E-state index contributed by atoms with van der Waals surface area (Å²) in [5.74, 6) is -0.858. The summed E-state index contributed by atoms with van der Waals surface area (Å²) >= 11 is 0. The third-order valence-electron chi connectivity index (χ3n) is 12.2. The number of ether oxygens (including phenoxy) is 3. The van der Waals surface area contributed by atoms with E-state index in [1.165, 1.54) is 193 Å². The van der Waals surface area contributed by atoms with E-state index in [-0.39, 0.29) is 31.1 Å². The average molecular weight is 873 g/mol. The monoisotopic (exact) mass is 873 g/mol. The van der Waals surface area contributed by atoms with Crippen LogP contribution in [0, 0.1) is 0 Å². The zero-order valence-corrected chi connectivity index (χ0v) is 41.7. The van der Waals surface area contributed by atoms with Gasteiger partial charge in [-0.15, -0.1) is 0 Å². The fourth-order valence-electron chi connectivity index (χ4n) is 8.06. The number of carbonyl (C=O) groups excluding carboxylic acids is 3. The van der Waals surface area contributed by atoms with Crippen molar-refractivity contribution in [3.63, 3.8) is 0 Å². The molecule has 0 spiro atoms. The molecule has 62 heavy (non-hydrogen) atoms. The number of carbonyl (C=O) groups is 3. The highest BCUT2D eigenvalue weighted by atomic mass is 16.6. The molecule has 0 heterocycles. The van der Waals surface area contributed by atoms with Gasteiger partial charge in [-0.1, -0.05) is 251 Å². The summed E-state index contributed by atoms with van der Waals surface area (Å²) in [5, 5.41) is 0. The van der Waals surface area contributed by atoms with Gasteiger partial charge in [0.15, 0.2) is 6.10 Å². The van der Waals surface area contributed by atoms with E-state index < -0.39 is 6.10 Å². The van der Waals surface area contributed by atoms with Crippen molar-refractivity contribution in [2.45, 2.75) is 303 Å². The summed E-state index contributed by atoms with van der Waals surface area (Å²) in [7, 11) is 0. The van der Waals surface area contributed by atoms with Crippen LogP contribution in [0.15, 0.2) is 24.3 Å².